The van der Waals surface area contributed by atoms with E-state index in [9.17, 15) is 4.79 Å². The average molecular weight is 431 g/mol. The summed E-state index contributed by atoms with van der Waals surface area (Å²) in [5.74, 6) is 1.28. The molecule has 0 atom stereocenters. The predicted molar refractivity (Wildman–Crippen MR) is 128 cm³/mol. The Morgan fingerprint density at radius 1 is 0.969 bits per heavy atom. The molecule has 1 aromatic heterocycles. The van der Waals surface area contributed by atoms with Gasteiger partial charge in [-0.3, -0.25) is 4.79 Å². The smallest absolute Gasteiger partial charge is 0.293 e. The van der Waals surface area contributed by atoms with Gasteiger partial charge in [0, 0.05) is 22.9 Å². The maximum absolute atomic E-state index is 11.1. The first kappa shape index (κ1) is 21.8. The molecule has 0 unspecified atom stereocenters. The Morgan fingerprint density at radius 2 is 1.66 bits per heavy atom. The summed E-state index contributed by atoms with van der Waals surface area (Å²) in [4.78, 5) is 20.5. The van der Waals surface area contributed by atoms with Gasteiger partial charge in [0.25, 0.3) is 6.47 Å². The van der Waals surface area contributed by atoms with E-state index >= 15 is 0 Å². The van der Waals surface area contributed by atoms with Crippen LogP contribution in [-0.2, 0) is 15.1 Å². The Kier molecular flexibility index (Phi) is 6.12. The van der Waals surface area contributed by atoms with E-state index in [0.717, 1.165) is 54.0 Å². The second kappa shape index (κ2) is 8.99. The van der Waals surface area contributed by atoms with E-state index in [-0.39, 0.29) is 5.54 Å². The third-order valence-electron chi connectivity index (χ3n) is 5.65. The van der Waals surface area contributed by atoms with Gasteiger partial charge < -0.3 is 15.4 Å². The van der Waals surface area contributed by atoms with Gasteiger partial charge in [0.1, 0.15) is 11.4 Å². The Bertz CT molecular complexity index is 1050. The molecule has 1 heterocycles. The lowest BCUT2D eigenvalue weighted by molar-refractivity contribution is -0.144. The molecule has 1 saturated carbocycles. The van der Waals surface area contributed by atoms with Crippen molar-refractivity contribution in [3.05, 3.63) is 66.2 Å². The van der Waals surface area contributed by atoms with E-state index in [1.165, 1.54) is 0 Å². The van der Waals surface area contributed by atoms with Crippen molar-refractivity contribution >= 4 is 23.9 Å². The van der Waals surface area contributed by atoms with Crippen LogP contribution in [0.15, 0.2) is 60.7 Å². The number of ether oxygens (including phenoxy) is 1. The molecule has 166 valence electrons. The summed E-state index contributed by atoms with van der Waals surface area (Å²) < 4.78 is 5.53. The standard InChI is InChI=1S/C26H30N4O2/c1-25(2,3)30-23-17-22(19-9-5-4-6-10-19)28-24(29-23)27-21-13-11-20(12-14-21)26(32-18-31)15-7-8-16-26/h4-6,9-14,17-18H,7-8,15-16H2,1-3H3,(H2,27,28,29,30). The molecule has 1 aliphatic carbocycles. The molecule has 4 rings (SSSR count). The van der Waals surface area contributed by atoms with Crippen LogP contribution in [0.1, 0.15) is 52.0 Å². The summed E-state index contributed by atoms with van der Waals surface area (Å²) in [6.45, 7) is 6.88. The van der Waals surface area contributed by atoms with Crippen molar-refractivity contribution < 1.29 is 9.53 Å². The number of carbonyl (C=O) groups is 1. The van der Waals surface area contributed by atoms with Gasteiger partial charge in [0.15, 0.2) is 0 Å². The Balaban J connectivity index is 1.62. The van der Waals surface area contributed by atoms with E-state index in [1.807, 2.05) is 60.7 Å². The molecule has 0 saturated heterocycles. The number of hydrogen-bond donors (Lipinski definition) is 2. The molecule has 0 amide bonds. The maximum Gasteiger partial charge on any atom is 0.293 e. The summed E-state index contributed by atoms with van der Waals surface area (Å²) in [6, 6.07) is 20.0. The highest BCUT2D eigenvalue weighted by molar-refractivity contribution is 5.66. The van der Waals surface area contributed by atoms with Crippen LogP contribution in [0, 0.1) is 0 Å². The quantitative estimate of drug-likeness (QED) is 0.445. The van der Waals surface area contributed by atoms with Gasteiger partial charge in [0.2, 0.25) is 5.95 Å². The summed E-state index contributed by atoms with van der Waals surface area (Å²) in [5, 5.41) is 6.77. The van der Waals surface area contributed by atoms with Gasteiger partial charge in [-0.2, -0.15) is 4.98 Å². The highest BCUT2D eigenvalue weighted by Gasteiger charge is 2.37. The molecule has 0 aliphatic heterocycles. The normalized spacial score (nSPS) is 15.2. The van der Waals surface area contributed by atoms with Gasteiger partial charge in [-0.25, -0.2) is 4.98 Å². The van der Waals surface area contributed by atoms with Crippen LogP contribution < -0.4 is 10.6 Å². The lowest BCUT2D eigenvalue weighted by Crippen LogP contribution is -2.27. The van der Waals surface area contributed by atoms with Crippen molar-refractivity contribution in [2.24, 2.45) is 0 Å². The first-order chi connectivity index (χ1) is 15.4. The summed E-state index contributed by atoms with van der Waals surface area (Å²) in [6.07, 6.45) is 3.86. The van der Waals surface area contributed by atoms with Crippen molar-refractivity contribution in [1.29, 1.82) is 0 Å². The van der Waals surface area contributed by atoms with Crippen LogP contribution >= 0.6 is 0 Å². The maximum atomic E-state index is 11.1. The lowest BCUT2D eigenvalue weighted by Gasteiger charge is -2.27. The number of benzene rings is 2. The number of rotatable bonds is 7. The zero-order chi connectivity index (χ0) is 22.6. The molecule has 3 aromatic rings. The fourth-order valence-corrected chi connectivity index (χ4v) is 4.21. The number of hydrogen-bond acceptors (Lipinski definition) is 6. The number of aromatic nitrogens is 2. The highest BCUT2D eigenvalue weighted by atomic mass is 16.5. The lowest BCUT2D eigenvalue weighted by atomic mass is 9.92. The number of carbonyl (C=O) groups excluding carboxylic acids is 1. The van der Waals surface area contributed by atoms with Gasteiger partial charge in [0.05, 0.1) is 5.69 Å². The molecular formula is C26H30N4O2. The molecule has 0 radical (unpaired) electrons. The van der Waals surface area contributed by atoms with Crippen LogP contribution in [0.3, 0.4) is 0 Å². The van der Waals surface area contributed by atoms with Crippen molar-refractivity contribution in [3.8, 4) is 11.3 Å². The highest BCUT2D eigenvalue weighted by Crippen LogP contribution is 2.42. The van der Waals surface area contributed by atoms with E-state index in [4.69, 9.17) is 9.72 Å². The summed E-state index contributed by atoms with van der Waals surface area (Å²) >= 11 is 0. The summed E-state index contributed by atoms with van der Waals surface area (Å²) in [5.41, 5.74) is 3.15. The monoisotopic (exact) mass is 430 g/mol. The van der Waals surface area contributed by atoms with Crippen molar-refractivity contribution in [2.45, 2.75) is 57.6 Å². The van der Waals surface area contributed by atoms with Crippen LogP contribution in [0.25, 0.3) is 11.3 Å². The predicted octanol–water partition coefficient (Wildman–Crippen LogP) is 6.04. The van der Waals surface area contributed by atoms with E-state index in [1.54, 1.807) is 0 Å². The minimum atomic E-state index is -0.492. The largest absolute Gasteiger partial charge is 0.456 e. The zero-order valence-electron chi connectivity index (χ0n) is 18.9. The molecule has 0 spiro atoms. The number of anilines is 3. The summed E-state index contributed by atoms with van der Waals surface area (Å²) in [7, 11) is 0. The minimum absolute atomic E-state index is 0.130. The van der Waals surface area contributed by atoms with Crippen LogP contribution in [0.5, 0.6) is 0 Å². The van der Waals surface area contributed by atoms with E-state index in [2.05, 4.69) is 36.4 Å². The Morgan fingerprint density at radius 3 is 2.28 bits per heavy atom. The zero-order valence-corrected chi connectivity index (χ0v) is 18.9. The number of nitrogens with zero attached hydrogens (tertiary/aromatic N) is 2. The van der Waals surface area contributed by atoms with Crippen LogP contribution in [0.4, 0.5) is 17.5 Å². The first-order valence-corrected chi connectivity index (χ1v) is 11.1. The van der Waals surface area contributed by atoms with Gasteiger partial charge in [-0.05, 0) is 64.2 Å². The minimum Gasteiger partial charge on any atom is -0.456 e. The third kappa shape index (κ3) is 5.07. The van der Waals surface area contributed by atoms with Gasteiger partial charge in [-0.1, -0.05) is 42.5 Å². The average Bonchev–Trinajstić information content (AvgIpc) is 3.23. The topological polar surface area (TPSA) is 76.1 Å². The molecule has 1 aliphatic rings. The van der Waals surface area contributed by atoms with E-state index < -0.39 is 5.60 Å². The molecular weight excluding hydrogens is 400 g/mol. The molecule has 0 bridgehead atoms. The molecule has 2 N–H and O–H groups in total. The van der Waals surface area contributed by atoms with Gasteiger partial charge in [-0.15, -0.1) is 0 Å². The van der Waals surface area contributed by atoms with Crippen molar-refractivity contribution in [3.63, 3.8) is 0 Å². The molecule has 2 aromatic carbocycles. The molecule has 1 fully saturated rings. The van der Waals surface area contributed by atoms with Crippen LogP contribution in [-0.4, -0.2) is 22.0 Å². The number of nitrogens with one attached hydrogen (secondary N) is 2. The van der Waals surface area contributed by atoms with Gasteiger partial charge >= 0.3 is 0 Å². The second-order valence-electron chi connectivity index (χ2n) is 9.32. The Hall–Kier alpha value is -3.41. The van der Waals surface area contributed by atoms with E-state index in [0.29, 0.717) is 12.4 Å². The van der Waals surface area contributed by atoms with Crippen molar-refractivity contribution in [2.75, 3.05) is 10.6 Å². The fraction of sp³-hybridized carbons (Fsp3) is 0.346. The molecule has 32 heavy (non-hydrogen) atoms. The van der Waals surface area contributed by atoms with Crippen molar-refractivity contribution in [1.82, 2.24) is 9.97 Å². The molecule has 6 nitrogen and oxygen atoms in total. The van der Waals surface area contributed by atoms with Crippen LogP contribution in [0.2, 0.25) is 0 Å². The molecule has 6 heteroatoms. The third-order valence-corrected chi connectivity index (χ3v) is 5.65. The Labute approximate surface area is 189 Å². The first-order valence-electron chi connectivity index (χ1n) is 11.1. The SMILES string of the molecule is CC(C)(C)Nc1cc(-c2ccccc2)nc(Nc2ccc(C3(OC=O)CCCC3)cc2)n1. The fourth-order valence-electron chi connectivity index (χ4n) is 4.21. The second-order valence-corrected chi connectivity index (χ2v) is 9.32.